The van der Waals surface area contributed by atoms with Crippen LogP contribution >= 0.6 is 22.7 Å². The largest absolute Gasteiger partial charge is 0.436 e. The summed E-state index contributed by atoms with van der Waals surface area (Å²) >= 11 is 3.61. The summed E-state index contributed by atoms with van der Waals surface area (Å²) in [5, 5.41) is 15.3. The maximum absolute atomic E-state index is 6.50. The first-order chi connectivity index (χ1) is 35.2. The Balaban J connectivity index is 1.04. The van der Waals surface area contributed by atoms with E-state index in [1.165, 1.54) is 79.3 Å². The Morgan fingerprint density at radius 2 is 1.08 bits per heavy atom. The van der Waals surface area contributed by atoms with Crippen LogP contribution in [-0.2, 0) is 0 Å². The van der Waals surface area contributed by atoms with Gasteiger partial charge in [-0.25, -0.2) is 9.97 Å². The van der Waals surface area contributed by atoms with Gasteiger partial charge in [0.25, 0.3) is 0 Å². The molecule has 16 rings (SSSR count). The Labute approximate surface area is 413 Å². The molecule has 0 unspecified atom stereocenters. The van der Waals surface area contributed by atoms with E-state index in [0.29, 0.717) is 5.71 Å². The van der Waals surface area contributed by atoms with Crippen LogP contribution in [-0.4, -0.2) is 19.1 Å². The second-order valence-electron chi connectivity index (χ2n) is 18.5. The Hall–Kier alpha value is -8.88. The molecule has 0 N–H and O–H groups in total. The average molecular weight is 941 g/mol. The minimum absolute atomic E-state index is 0.519. The SMILES string of the molecule is c1ccc(-n2c3ccccc3c3ccc(-c4ccc5c(c4)c4c6ccccc6n(-c6nc7c(nc6-c6ccc(-c8cccs8)cc6)oc6ccccc67)c4c4sc6cc7ccccc7cc6c54)cc32)cc1. The summed E-state index contributed by atoms with van der Waals surface area (Å²) in [4.78, 5) is 12.4. The molecular weight excluding hydrogens is 905 g/mol. The topological polar surface area (TPSA) is 48.8 Å². The monoisotopic (exact) mass is 940 g/mol. The highest BCUT2D eigenvalue weighted by Gasteiger charge is 2.27. The van der Waals surface area contributed by atoms with Crippen LogP contribution < -0.4 is 0 Å². The molecule has 10 aromatic carbocycles. The van der Waals surface area contributed by atoms with Crippen molar-refractivity contribution in [1.82, 2.24) is 19.1 Å². The molecule has 5 nitrogen and oxygen atoms in total. The van der Waals surface area contributed by atoms with Gasteiger partial charge in [-0.15, -0.1) is 22.7 Å². The van der Waals surface area contributed by atoms with Gasteiger partial charge in [-0.2, -0.15) is 0 Å². The van der Waals surface area contributed by atoms with Gasteiger partial charge in [-0.3, -0.25) is 4.57 Å². The summed E-state index contributed by atoms with van der Waals surface area (Å²) < 4.78 is 13.8. The van der Waals surface area contributed by atoms with Crippen LogP contribution in [0.4, 0.5) is 0 Å². The number of nitrogens with zero attached hydrogens (tertiary/aromatic N) is 4. The molecule has 6 aromatic heterocycles. The van der Waals surface area contributed by atoms with E-state index < -0.39 is 0 Å². The Morgan fingerprint density at radius 3 is 1.90 bits per heavy atom. The van der Waals surface area contributed by atoms with E-state index in [-0.39, 0.29) is 0 Å². The number of fused-ring (bicyclic) bond motifs is 17. The van der Waals surface area contributed by atoms with Gasteiger partial charge in [-0.05, 0) is 110 Å². The van der Waals surface area contributed by atoms with Gasteiger partial charge in [0.2, 0.25) is 5.71 Å². The maximum atomic E-state index is 6.50. The third kappa shape index (κ3) is 5.67. The molecular formula is C64H36N4OS2. The summed E-state index contributed by atoms with van der Waals surface area (Å²) in [6.45, 7) is 0. The molecule has 0 bridgehead atoms. The molecule has 0 amide bonds. The minimum Gasteiger partial charge on any atom is -0.436 e. The lowest BCUT2D eigenvalue weighted by Crippen LogP contribution is -2.03. The molecule has 7 heteroatoms. The Morgan fingerprint density at radius 1 is 0.423 bits per heavy atom. The van der Waals surface area contributed by atoms with Crippen LogP contribution in [0.1, 0.15) is 0 Å². The van der Waals surface area contributed by atoms with Gasteiger partial charge in [0.05, 0.1) is 26.8 Å². The highest BCUT2D eigenvalue weighted by Crippen LogP contribution is 2.50. The van der Waals surface area contributed by atoms with Crippen molar-refractivity contribution >= 4 is 130 Å². The smallest absolute Gasteiger partial charge is 0.247 e. The van der Waals surface area contributed by atoms with Gasteiger partial charge in [0, 0.05) is 58.5 Å². The summed E-state index contributed by atoms with van der Waals surface area (Å²) in [6, 6.07) is 77.1. The molecule has 0 saturated heterocycles. The zero-order valence-corrected chi connectivity index (χ0v) is 39.4. The lowest BCUT2D eigenvalue weighted by atomic mass is 9.94. The molecule has 71 heavy (non-hydrogen) atoms. The predicted octanol–water partition coefficient (Wildman–Crippen LogP) is 18.3. The van der Waals surface area contributed by atoms with Crippen molar-refractivity contribution < 1.29 is 4.42 Å². The molecule has 330 valence electrons. The third-order valence-electron chi connectivity index (χ3n) is 14.6. The van der Waals surface area contributed by atoms with Crippen LogP contribution in [0.3, 0.4) is 0 Å². The molecule has 0 aliphatic rings. The summed E-state index contributed by atoms with van der Waals surface area (Å²) in [5.41, 5.74) is 12.9. The predicted molar refractivity (Wildman–Crippen MR) is 300 cm³/mol. The number of hydrogen-bond acceptors (Lipinski definition) is 5. The first-order valence-corrected chi connectivity index (χ1v) is 25.6. The highest BCUT2D eigenvalue weighted by molar-refractivity contribution is 7.27. The van der Waals surface area contributed by atoms with Crippen LogP contribution in [0.25, 0.3) is 152 Å². The van der Waals surface area contributed by atoms with Gasteiger partial charge < -0.3 is 8.98 Å². The van der Waals surface area contributed by atoms with Crippen LogP contribution in [0.2, 0.25) is 0 Å². The number of aromatic nitrogens is 4. The Bertz CT molecular complexity index is 4860. The minimum atomic E-state index is 0.519. The van der Waals surface area contributed by atoms with Crippen LogP contribution in [0.5, 0.6) is 0 Å². The van der Waals surface area contributed by atoms with Crippen LogP contribution in [0, 0.1) is 0 Å². The van der Waals surface area contributed by atoms with Gasteiger partial charge >= 0.3 is 0 Å². The molecule has 0 fully saturated rings. The fourth-order valence-corrected chi connectivity index (χ4v) is 13.4. The first kappa shape index (κ1) is 39.0. The zero-order chi connectivity index (χ0) is 46.3. The van der Waals surface area contributed by atoms with Crippen molar-refractivity contribution in [3.63, 3.8) is 0 Å². The third-order valence-corrected chi connectivity index (χ3v) is 16.7. The summed E-state index contributed by atoms with van der Waals surface area (Å²) in [7, 11) is 0. The van der Waals surface area contributed by atoms with Crippen molar-refractivity contribution in [2.75, 3.05) is 0 Å². The molecule has 0 saturated carbocycles. The molecule has 16 aromatic rings. The van der Waals surface area contributed by atoms with E-state index in [9.17, 15) is 0 Å². The zero-order valence-electron chi connectivity index (χ0n) is 37.8. The molecule has 0 atom stereocenters. The summed E-state index contributed by atoms with van der Waals surface area (Å²) in [6.07, 6.45) is 0. The number of benzene rings is 10. The van der Waals surface area contributed by atoms with Gasteiger partial charge in [-0.1, -0.05) is 146 Å². The fraction of sp³-hybridized carbons (Fsp3) is 0. The Kier molecular flexibility index (Phi) is 8.14. The molecule has 0 radical (unpaired) electrons. The van der Waals surface area contributed by atoms with Gasteiger partial charge in [0.15, 0.2) is 5.82 Å². The number of thiophene rings is 2. The molecule has 0 aliphatic carbocycles. The lowest BCUT2D eigenvalue weighted by molar-refractivity contribution is 0.653. The van der Waals surface area contributed by atoms with Crippen molar-refractivity contribution in [2.45, 2.75) is 0 Å². The van der Waals surface area contributed by atoms with E-state index >= 15 is 0 Å². The number of rotatable bonds is 5. The van der Waals surface area contributed by atoms with E-state index in [2.05, 4.69) is 209 Å². The second-order valence-corrected chi connectivity index (χ2v) is 20.5. The molecule has 0 spiro atoms. The van der Waals surface area contributed by atoms with Crippen molar-refractivity contribution in [1.29, 1.82) is 0 Å². The van der Waals surface area contributed by atoms with Crippen molar-refractivity contribution in [3.8, 4) is 44.3 Å². The van der Waals surface area contributed by atoms with E-state index in [1.54, 1.807) is 11.3 Å². The summed E-state index contributed by atoms with van der Waals surface area (Å²) in [5.74, 6) is 0.762. The second kappa shape index (κ2) is 14.8. The highest BCUT2D eigenvalue weighted by atomic mass is 32.1. The fourth-order valence-electron chi connectivity index (χ4n) is 11.4. The van der Waals surface area contributed by atoms with E-state index in [4.69, 9.17) is 14.4 Å². The van der Waals surface area contributed by atoms with Crippen LogP contribution in [0.15, 0.2) is 222 Å². The number of furan rings is 1. The first-order valence-electron chi connectivity index (χ1n) is 23.9. The molecule has 6 heterocycles. The van der Waals surface area contributed by atoms with E-state index in [1.807, 2.05) is 29.5 Å². The molecule has 0 aliphatic heterocycles. The quantitative estimate of drug-likeness (QED) is 0.173. The van der Waals surface area contributed by atoms with Crippen molar-refractivity contribution in [3.05, 3.63) is 218 Å². The normalized spacial score (nSPS) is 12.2. The number of hydrogen-bond donors (Lipinski definition) is 0. The lowest BCUT2D eigenvalue weighted by Gasteiger charge is -2.14. The van der Waals surface area contributed by atoms with E-state index in [0.717, 1.165) is 66.8 Å². The maximum Gasteiger partial charge on any atom is 0.247 e. The van der Waals surface area contributed by atoms with Gasteiger partial charge in [0.1, 0.15) is 16.8 Å². The average Bonchev–Trinajstić information content (AvgIpc) is 4.28. The number of para-hydroxylation sites is 4. The standard InChI is InChI=1S/C64H36N4OS2/c1-2-15-43(16-3-1)67-51-20-9-6-17-44(51)45-30-28-42(35-53(45)67)41-29-31-46-49(33-41)57-47-18-7-10-21-52(47)68(61(57)62-58(46)50-34-39-13-4-5-14-40(39)36-56(50)71-62)63-59(38-26-24-37(25-27-38)55-23-12-32-70-55)66-64-60(65-63)48-19-8-11-22-54(48)69-64/h1-36H. The van der Waals surface area contributed by atoms with Crippen molar-refractivity contribution in [2.24, 2.45) is 0 Å².